The van der Waals surface area contributed by atoms with Gasteiger partial charge in [-0.15, -0.1) is 0 Å². The molecule has 0 atom stereocenters. The van der Waals surface area contributed by atoms with Crippen LogP contribution < -0.4 is 16.6 Å². The molecule has 3 N–H and O–H groups in total. The van der Waals surface area contributed by atoms with Crippen LogP contribution in [-0.4, -0.2) is 23.1 Å². The third-order valence-corrected chi connectivity index (χ3v) is 4.73. The lowest BCUT2D eigenvalue weighted by Crippen LogP contribution is -2.32. The summed E-state index contributed by atoms with van der Waals surface area (Å²) in [6.45, 7) is 5.45. The summed E-state index contributed by atoms with van der Waals surface area (Å²) in [5.41, 5.74) is 7.96. The molecular weight excluding hydrogens is 382 g/mol. The van der Waals surface area contributed by atoms with Crippen LogP contribution in [0.25, 0.3) is 5.69 Å². The van der Waals surface area contributed by atoms with Crippen LogP contribution in [0.15, 0.2) is 59.4 Å². The van der Waals surface area contributed by atoms with Crippen molar-refractivity contribution < 1.29 is 14.3 Å². The Bertz CT molecular complexity index is 1180. The molecule has 3 rings (SSSR count). The van der Waals surface area contributed by atoms with Crippen LogP contribution >= 0.6 is 0 Å². The van der Waals surface area contributed by atoms with Gasteiger partial charge in [0, 0.05) is 5.69 Å². The van der Waals surface area contributed by atoms with Crippen LogP contribution in [0.4, 0.5) is 11.5 Å². The molecule has 7 heteroatoms. The molecule has 0 unspecified atom stereocenters. The van der Waals surface area contributed by atoms with E-state index in [1.165, 1.54) is 10.6 Å². The molecule has 0 bridgehead atoms. The van der Waals surface area contributed by atoms with Crippen molar-refractivity contribution in [3.8, 4) is 5.69 Å². The summed E-state index contributed by atoms with van der Waals surface area (Å²) in [4.78, 5) is 38.7. The minimum Gasteiger partial charge on any atom is -0.462 e. The molecule has 3 aromatic rings. The molecule has 1 heterocycles. The summed E-state index contributed by atoms with van der Waals surface area (Å²) in [6.07, 6.45) is 0. The maximum atomic E-state index is 13.3. The second-order valence-electron chi connectivity index (χ2n) is 6.77. The number of rotatable bonds is 5. The number of amides is 1. The van der Waals surface area contributed by atoms with Crippen molar-refractivity contribution >= 4 is 23.4 Å². The van der Waals surface area contributed by atoms with Gasteiger partial charge in [0.1, 0.15) is 16.9 Å². The van der Waals surface area contributed by atoms with E-state index < -0.39 is 17.4 Å². The predicted octanol–water partition coefficient (Wildman–Crippen LogP) is 3.47. The molecule has 30 heavy (non-hydrogen) atoms. The summed E-state index contributed by atoms with van der Waals surface area (Å²) < 4.78 is 6.25. The number of carbonyl (C=O) groups is 2. The van der Waals surface area contributed by atoms with Gasteiger partial charge in [-0.2, -0.15) is 0 Å². The number of nitrogens with zero attached hydrogens (tertiary/aromatic N) is 1. The number of nitrogen functional groups attached to an aromatic ring is 1. The van der Waals surface area contributed by atoms with Crippen molar-refractivity contribution in [2.45, 2.75) is 20.8 Å². The number of aryl methyl sites for hydroxylation is 2. The zero-order chi connectivity index (χ0) is 21.8. The molecule has 0 aliphatic rings. The van der Waals surface area contributed by atoms with Crippen molar-refractivity contribution in [1.82, 2.24) is 4.57 Å². The highest BCUT2D eigenvalue weighted by Crippen LogP contribution is 2.21. The summed E-state index contributed by atoms with van der Waals surface area (Å²) in [7, 11) is 0. The maximum absolute atomic E-state index is 13.3. The zero-order valence-electron chi connectivity index (χ0n) is 17.1. The Morgan fingerprint density at radius 2 is 1.63 bits per heavy atom. The standard InChI is InChI=1S/C23H23N3O4/c1-4-30-23(29)16-13-17(21(27)25-18-11-7-5-9-14(18)2)22(28)26(20(16)24)19-12-8-6-10-15(19)3/h5-13H,4,24H2,1-3H3,(H,25,27). The van der Waals surface area contributed by atoms with E-state index in [0.717, 1.165) is 11.1 Å². The predicted molar refractivity (Wildman–Crippen MR) is 116 cm³/mol. The highest BCUT2D eigenvalue weighted by Gasteiger charge is 2.24. The van der Waals surface area contributed by atoms with Gasteiger partial charge in [0.2, 0.25) is 0 Å². The fraction of sp³-hybridized carbons (Fsp3) is 0.174. The first-order valence-corrected chi connectivity index (χ1v) is 9.50. The number of aromatic nitrogens is 1. The lowest BCUT2D eigenvalue weighted by atomic mass is 10.1. The minimum absolute atomic E-state index is 0.0466. The lowest BCUT2D eigenvalue weighted by molar-refractivity contribution is 0.0527. The van der Waals surface area contributed by atoms with E-state index in [-0.39, 0.29) is 23.6 Å². The molecule has 7 nitrogen and oxygen atoms in total. The summed E-state index contributed by atoms with van der Waals surface area (Å²) >= 11 is 0. The van der Waals surface area contributed by atoms with Gasteiger partial charge in [0.25, 0.3) is 11.5 Å². The summed E-state index contributed by atoms with van der Waals surface area (Å²) in [6, 6.07) is 15.5. The zero-order valence-corrected chi connectivity index (χ0v) is 17.1. The van der Waals surface area contributed by atoms with E-state index in [1.54, 1.807) is 31.2 Å². The third-order valence-electron chi connectivity index (χ3n) is 4.73. The van der Waals surface area contributed by atoms with Gasteiger partial charge >= 0.3 is 5.97 Å². The number of pyridine rings is 1. The molecule has 0 radical (unpaired) electrons. The van der Waals surface area contributed by atoms with E-state index in [1.807, 2.05) is 38.1 Å². The van der Waals surface area contributed by atoms with Gasteiger partial charge < -0.3 is 15.8 Å². The average Bonchev–Trinajstić information content (AvgIpc) is 2.71. The van der Waals surface area contributed by atoms with E-state index in [9.17, 15) is 14.4 Å². The number of benzene rings is 2. The second kappa shape index (κ2) is 8.65. The molecule has 0 spiro atoms. The van der Waals surface area contributed by atoms with Crippen LogP contribution in [0.3, 0.4) is 0 Å². The Hall–Kier alpha value is -3.87. The Kier molecular flexibility index (Phi) is 6.01. The minimum atomic E-state index is -0.706. The van der Waals surface area contributed by atoms with Gasteiger partial charge in [-0.05, 0) is 50.1 Å². The summed E-state index contributed by atoms with van der Waals surface area (Å²) in [5.74, 6) is -1.43. The van der Waals surface area contributed by atoms with Crippen LogP contribution in [0, 0.1) is 13.8 Å². The first-order valence-electron chi connectivity index (χ1n) is 9.50. The molecule has 1 aromatic heterocycles. The van der Waals surface area contributed by atoms with E-state index in [4.69, 9.17) is 10.5 Å². The van der Waals surface area contributed by atoms with Crippen molar-refractivity contribution in [2.75, 3.05) is 17.7 Å². The number of hydrogen-bond acceptors (Lipinski definition) is 5. The van der Waals surface area contributed by atoms with Crippen molar-refractivity contribution in [3.05, 3.63) is 87.2 Å². The van der Waals surface area contributed by atoms with E-state index in [2.05, 4.69) is 5.32 Å². The fourth-order valence-electron chi connectivity index (χ4n) is 3.12. The van der Waals surface area contributed by atoms with E-state index >= 15 is 0 Å². The van der Waals surface area contributed by atoms with Crippen LogP contribution in [0.1, 0.15) is 38.8 Å². The van der Waals surface area contributed by atoms with Gasteiger partial charge in [-0.1, -0.05) is 36.4 Å². The number of hydrogen-bond donors (Lipinski definition) is 2. The Morgan fingerprint density at radius 3 is 2.27 bits per heavy atom. The van der Waals surface area contributed by atoms with Crippen molar-refractivity contribution in [2.24, 2.45) is 0 Å². The molecule has 154 valence electrons. The largest absolute Gasteiger partial charge is 0.462 e. The molecule has 0 aliphatic heterocycles. The Balaban J connectivity index is 2.21. The molecule has 2 aromatic carbocycles. The number of para-hydroxylation sites is 2. The van der Waals surface area contributed by atoms with Crippen molar-refractivity contribution in [3.63, 3.8) is 0 Å². The van der Waals surface area contributed by atoms with Gasteiger partial charge in [0.05, 0.1) is 12.3 Å². The first-order chi connectivity index (χ1) is 14.3. The van der Waals surface area contributed by atoms with Crippen LogP contribution in [0.5, 0.6) is 0 Å². The molecule has 0 saturated heterocycles. The number of esters is 1. The molecule has 1 amide bonds. The molecule has 0 saturated carbocycles. The monoisotopic (exact) mass is 405 g/mol. The number of nitrogens with one attached hydrogen (secondary N) is 1. The first kappa shape index (κ1) is 20.9. The number of carbonyl (C=O) groups excluding carboxylic acids is 2. The number of ether oxygens (including phenoxy) is 1. The quantitative estimate of drug-likeness (QED) is 0.633. The normalized spacial score (nSPS) is 10.5. The Labute approximate surface area is 174 Å². The SMILES string of the molecule is CCOC(=O)c1cc(C(=O)Nc2ccccc2C)c(=O)n(-c2ccccc2C)c1N. The highest BCUT2D eigenvalue weighted by atomic mass is 16.5. The molecule has 0 aliphatic carbocycles. The molecule has 0 fully saturated rings. The molecular formula is C23H23N3O4. The lowest BCUT2D eigenvalue weighted by Gasteiger charge is -2.17. The van der Waals surface area contributed by atoms with Gasteiger partial charge in [-0.25, -0.2) is 4.79 Å². The van der Waals surface area contributed by atoms with Crippen LogP contribution in [-0.2, 0) is 4.74 Å². The topological polar surface area (TPSA) is 103 Å². The number of nitrogens with two attached hydrogens (primary N) is 1. The van der Waals surface area contributed by atoms with E-state index in [0.29, 0.717) is 11.4 Å². The fourth-order valence-corrected chi connectivity index (χ4v) is 3.12. The Morgan fingerprint density at radius 1 is 1.00 bits per heavy atom. The highest BCUT2D eigenvalue weighted by molar-refractivity contribution is 6.06. The third kappa shape index (κ3) is 3.96. The average molecular weight is 405 g/mol. The van der Waals surface area contributed by atoms with Crippen LogP contribution in [0.2, 0.25) is 0 Å². The second-order valence-corrected chi connectivity index (χ2v) is 6.77. The van der Waals surface area contributed by atoms with Gasteiger partial charge in [0.15, 0.2) is 0 Å². The summed E-state index contributed by atoms with van der Waals surface area (Å²) in [5, 5.41) is 2.73. The van der Waals surface area contributed by atoms with Gasteiger partial charge in [-0.3, -0.25) is 14.2 Å². The van der Waals surface area contributed by atoms with Crippen molar-refractivity contribution in [1.29, 1.82) is 0 Å². The maximum Gasteiger partial charge on any atom is 0.341 e. The number of anilines is 2. The smallest absolute Gasteiger partial charge is 0.341 e.